The molecule has 0 aliphatic carbocycles. The third-order valence-electron chi connectivity index (χ3n) is 5.69. The lowest BCUT2D eigenvalue weighted by molar-refractivity contribution is -0.113. The van der Waals surface area contributed by atoms with Gasteiger partial charge in [0.25, 0.3) is 5.91 Å². The van der Waals surface area contributed by atoms with Gasteiger partial charge in [-0.3, -0.25) is 9.59 Å². The van der Waals surface area contributed by atoms with E-state index in [2.05, 4.69) is 48.5 Å². The van der Waals surface area contributed by atoms with Crippen LogP contribution in [0, 0.1) is 5.92 Å². The van der Waals surface area contributed by atoms with Crippen molar-refractivity contribution in [1.82, 2.24) is 20.1 Å². The normalized spacial score (nSPS) is 12.1. The molecule has 1 aromatic heterocycles. The van der Waals surface area contributed by atoms with E-state index < -0.39 is 0 Å². The quantitative estimate of drug-likeness (QED) is 0.285. The lowest BCUT2D eigenvalue weighted by atomic mass is 10.0. The Morgan fingerprint density at radius 1 is 1.03 bits per heavy atom. The van der Waals surface area contributed by atoms with Crippen molar-refractivity contribution >= 4 is 40.9 Å². The van der Waals surface area contributed by atoms with E-state index in [4.69, 9.17) is 11.6 Å². The molecular weight excluding hydrogens is 494 g/mol. The van der Waals surface area contributed by atoms with Gasteiger partial charge in [0, 0.05) is 12.2 Å². The summed E-state index contributed by atoms with van der Waals surface area (Å²) in [7, 11) is 0. The van der Waals surface area contributed by atoms with Crippen LogP contribution in [-0.2, 0) is 11.3 Å². The van der Waals surface area contributed by atoms with E-state index in [1.165, 1.54) is 11.8 Å². The average molecular weight is 528 g/mol. The van der Waals surface area contributed by atoms with E-state index in [9.17, 15) is 9.59 Å². The molecule has 7 nitrogen and oxygen atoms in total. The molecule has 192 valence electrons. The van der Waals surface area contributed by atoms with Crippen molar-refractivity contribution in [3.05, 3.63) is 70.5 Å². The predicted octanol–water partition coefficient (Wildman–Crippen LogP) is 6.32. The lowest BCUT2D eigenvalue weighted by Gasteiger charge is -2.21. The number of thioether (sulfide) groups is 1. The molecular formula is C27H34ClN5O2S. The summed E-state index contributed by atoms with van der Waals surface area (Å²) in [5, 5.41) is 15.9. The Bertz CT molecular complexity index is 1190. The average Bonchev–Trinajstić information content (AvgIpc) is 3.25. The molecule has 1 atom stereocenters. The second-order valence-corrected chi connectivity index (χ2v) is 10.6. The first-order chi connectivity index (χ1) is 17.2. The number of nitrogens with zero attached hydrogens (tertiary/aromatic N) is 3. The van der Waals surface area contributed by atoms with Gasteiger partial charge in [-0.25, -0.2) is 0 Å². The zero-order valence-corrected chi connectivity index (χ0v) is 23.0. The number of rotatable bonds is 11. The van der Waals surface area contributed by atoms with Gasteiger partial charge in [-0.05, 0) is 48.9 Å². The second-order valence-electron chi connectivity index (χ2n) is 9.30. The Morgan fingerprint density at radius 3 is 2.39 bits per heavy atom. The number of para-hydroxylation sites is 1. The highest BCUT2D eigenvalue weighted by molar-refractivity contribution is 7.99. The second kappa shape index (κ2) is 12.9. The summed E-state index contributed by atoms with van der Waals surface area (Å²) in [5.41, 5.74) is 2.35. The molecule has 1 heterocycles. The van der Waals surface area contributed by atoms with E-state index in [1.807, 2.05) is 35.8 Å². The maximum absolute atomic E-state index is 13.0. The third kappa shape index (κ3) is 7.11. The van der Waals surface area contributed by atoms with Crippen molar-refractivity contribution in [2.45, 2.75) is 64.7 Å². The summed E-state index contributed by atoms with van der Waals surface area (Å²) >= 11 is 7.57. The number of amides is 2. The van der Waals surface area contributed by atoms with Crippen LogP contribution >= 0.6 is 23.4 Å². The highest BCUT2D eigenvalue weighted by Gasteiger charge is 2.25. The van der Waals surface area contributed by atoms with Gasteiger partial charge in [0.15, 0.2) is 11.0 Å². The van der Waals surface area contributed by atoms with E-state index in [1.54, 1.807) is 24.3 Å². The van der Waals surface area contributed by atoms with Crippen molar-refractivity contribution in [3.8, 4) is 0 Å². The molecule has 0 saturated carbocycles. The summed E-state index contributed by atoms with van der Waals surface area (Å²) in [6, 6.07) is 14.5. The van der Waals surface area contributed by atoms with Crippen LogP contribution in [0.2, 0.25) is 5.02 Å². The molecule has 0 radical (unpaired) electrons. The molecule has 0 bridgehead atoms. The van der Waals surface area contributed by atoms with Gasteiger partial charge in [0.05, 0.1) is 22.4 Å². The van der Waals surface area contributed by atoms with Crippen LogP contribution in [0.15, 0.2) is 53.7 Å². The number of carbonyl (C=O) groups is 2. The molecule has 0 fully saturated rings. The molecule has 2 aromatic carbocycles. The molecule has 3 rings (SSSR count). The number of benzene rings is 2. The van der Waals surface area contributed by atoms with Gasteiger partial charge in [0.2, 0.25) is 5.91 Å². The molecule has 3 aromatic rings. The van der Waals surface area contributed by atoms with Gasteiger partial charge in [-0.15, -0.1) is 10.2 Å². The fraction of sp³-hybridized carbons (Fsp3) is 0.407. The van der Waals surface area contributed by atoms with Crippen molar-refractivity contribution in [2.75, 3.05) is 11.1 Å². The number of aromatic nitrogens is 3. The van der Waals surface area contributed by atoms with Crippen LogP contribution in [-0.4, -0.2) is 32.3 Å². The molecule has 0 spiro atoms. The Labute approximate surface area is 222 Å². The zero-order valence-electron chi connectivity index (χ0n) is 21.4. The van der Waals surface area contributed by atoms with Crippen LogP contribution in [0.5, 0.6) is 0 Å². The van der Waals surface area contributed by atoms with Crippen molar-refractivity contribution in [2.24, 2.45) is 5.92 Å². The van der Waals surface area contributed by atoms with Crippen LogP contribution in [0.25, 0.3) is 0 Å². The molecule has 0 aliphatic heterocycles. The van der Waals surface area contributed by atoms with E-state index in [0.29, 0.717) is 46.4 Å². The molecule has 2 N–H and O–H groups in total. The number of nitrogens with one attached hydrogen (secondary N) is 2. The van der Waals surface area contributed by atoms with Crippen LogP contribution in [0.1, 0.15) is 74.7 Å². The number of hydrogen-bond acceptors (Lipinski definition) is 5. The summed E-state index contributed by atoms with van der Waals surface area (Å²) in [6.07, 6.45) is 0.686. The van der Waals surface area contributed by atoms with Gasteiger partial charge in [-0.2, -0.15) is 0 Å². The standard InChI is InChI=1S/C27H34ClN5O2S/c1-6-33-25(23(15-17(2)3)30-26(35)20-12-7-9-13-21(20)28)31-32-27(33)36-16-24(34)29-22-14-10-8-11-19(22)18(4)5/h7-14,17-18,23H,6,15-16H2,1-5H3,(H,29,34)(H,30,35)/t23-/m0/s1. The van der Waals surface area contributed by atoms with Gasteiger partial charge in [-0.1, -0.05) is 81.4 Å². The van der Waals surface area contributed by atoms with Gasteiger partial charge < -0.3 is 15.2 Å². The summed E-state index contributed by atoms with van der Waals surface area (Å²) in [4.78, 5) is 25.7. The van der Waals surface area contributed by atoms with Crippen LogP contribution in [0.3, 0.4) is 0 Å². The number of anilines is 1. The number of hydrogen-bond donors (Lipinski definition) is 2. The molecule has 2 amide bonds. The largest absolute Gasteiger partial charge is 0.342 e. The SMILES string of the molecule is CCn1c(SCC(=O)Nc2ccccc2C(C)C)nnc1[C@H](CC(C)C)NC(=O)c1ccccc1Cl. The summed E-state index contributed by atoms with van der Waals surface area (Å²) in [5.74, 6) is 1.12. The highest BCUT2D eigenvalue weighted by atomic mass is 35.5. The van der Waals surface area contributed by atoms with E-state index >= 15 is 0 Å². The van der Waals surface area contributed by atoms with Crippen molar-refractivity contribution in [1.29, 1.82) is 0 Å². The smallest absolute Gasteiger partial charge is 0.253 e. The monoisotopic (exact) mass is 527 g/mol. The van der Waals surface area contributed by atoms with Gasteiger partial charge in [0.1, 0.15) is 0 Å². The molecule has 9 heteroatoms. The fourth-order valence-corrected chi connectivity index (χ4v) is 5.01. The van der Waals surface area contributed by atoms with E-state index in [0.717, 1.165) is 11.3 Å². The fourth-order valence-electron chi connectivity index (χ4n) is 3.97. The highest BCUT2D eigenvalue weighted by Crippen LogP contribution is 2.27. The Balaban J connectivity index is 1.74. The number of carbonyl (C=O) groups excluding carboxylic acids is 2. The lowest BCUT2D eigenvalue weighted by Crippen LogP contribution is -2.31. The maximum Gasteiger partial charge on any atom is 0.253 e. The predicted molar refractivity (Wildman–Crippen MR) is 147 cm³/mol. The molecule has 36 heavy (non-hydrogen) atoms. The van der Waals surface area contributed by atoms with Crippen molar-refractivity contribution < 1.29 is 9.59 Å². The van der Waals surface area contributed by atoms with Crippen molar-refractivity contribution in [3.63, 3.8) is 0 Å². The minimum absolute atomic E-state index is 0.106. The number of halogens is 1. The first-order valence-electron chi connectivity index (χ1n) is 12.2. The molecule has 0 saturated heterocycles. The minimum atomic E-state index is -0.345. The third-order valence-corrected chi connectivity index (χ3v) is 6.99. The molecule has 0 unspecified atom stereocenters. The zero-order chi connectivity index (χ0) is 26.2. The molecule has 0 aliphatic rings. The first-order valence-corrected chi connectivity index (χ1v) is 13.6. The Kier molecular flexibility index (Phi) is 9.96. The summed E-state index contributed by atoms with van der Waals surface area (Å²) < 4.78 is 1.96. The first kappa shape index (κ1) is 27.7. The summed E-state index contributed by atoms with van der Waals surface area (Å²) in [6.45, 7) is 11.0. The Morgan fingerprint density at radius 2 is 1.72 bits per heavy atom. The van der Waals surface area contributed by atoms with Crippen LogP contribution < -0.4 is 10.6 Å². The Hall–Kier alpha value is -2.84. The minimum Gasteiger partial charge on any atom is -0.342 e. The topological polar surface area (TPSA) is 88.9 Å². The van der Waals surface area contributed by atoms with Gasteiger partial charge >= 0.3 is 0 Å². The van der Waals surface area contributed by atoms with E-state index in [-0.39, 0.29) is 23.6 Å². The maximum atomic E-state index is 13.0. The van der Waals surface area contributed by atoms with Crippen LogP contribution in [0.4, 0.5) is 5.69 Å².